The predicted octanol–water partition coefficient (Wildman–Crippen LogP) is 2.86. The van der Waals surface area contributed by atoms with Crippen molar-refractivity contribution >= 4 is 28.4 Å². The number of hydrogen-bond acceptors (Lipinski definition) is 3. The second-order valence-electron chi connectivity index (χ2n) is 6.03. The lowest BCUT2D eigenvalue weighted by molar-refractivity contribution is -0.125. The maximum atomic E-state index is 12.7. The van der Waals surface area contributed by atoms with E-state index in [1.54, 1.807) is 31.4 Å². The lowest BCUT2D eigenvalue weighted by Gasteiger charge is -2.17. The minimum atomic E-state index is -0.672. The fourth-order valence-corrected chi connectivity index (χ4v) is 2.88. The number of amides is 2. The van der Waals surface area contributed by atoms with Gasteiger partial charge in [0.15, 0.2) is 0 Å². The fourth-order valence-electron chi connectivity index (χ4n) is 2.88. The first-order valence-electron chi connectivity index (χ1n) is 8.34. The summed E-state index contributed by atoms with van der Waals surface area (Å²) >= 11 is 0. The van der Waals surface area contributed by atoms with E-state index in [1.807, 2.05) is 30.5 Å². The van der Waals surface area contributed by atoms with E-state index in [1.165, 1.54) is 6.92 Å². The Bertz CT molecular complexity index is 915. The summed E-state index contributed by atoms with van der Waals surface area (Å²) in [5, 5.41) is 6.62. The molecule has 1 aromatic heterocycles. The number of ether oxygens (including phenoxy) is 1. The topological polar surface area (TPSA) is 83.2 Å². The number of methoxy groups -OCH3 is 1. The molecule has 0 aliphatic heterocycles. The number of rotatable bonds is 6. The lowest BCUT2D eigenvalue weighted by atomic mass is 10.0. The van der Waals surface area contributed by atoms with E-state index >= 15 is 0 Å². The molecule has 0 aliphatic carbocycles. The van der Waals surface area contributed by atoms with E-state index < -0.39 is 6.04 Å². The van der Waals surface area contributed by atoms with Crippen LogP contribution in [0.5, 0.6) is 5.75 Å². The van der Waals surface area contributed by atoms with Gasteiger partial charge in [-0.2, -0.15) is 0 Å². The molecule has 0 bridgehead atoms. The number of fused-ring (bicyclic) bond motifs is 1. The van der Waals surface area contributed by atoms with Gasteiger partial charge in [0.1, 0.15) is 11.8 Å². The second-order valence-corrected chi connectivity index (χ2v) is 6.03. The van der Waals surface area contributed by atoms with Crippen LogP contribution in [0.15, 0.2) is 54.7 Å². The molecule has 2 amide bonds. The van der Waals surface area contributed by atoms with Crippen molar-refractivity contribution in [1.29, 1.82) is 0 Å². The highest BCUT2D eigenvalue weighted by Crippen LogP contribution is 2.20. The van der Waals surface area contributed by atoms with E-state index in [4.69, 9.17) is 4.74 Å². The van der Waals surface area contributed by atoms with Crippen LogP contribution in [0, 0.1) is 0 Å². The zero-order chi connectivity index (χ0) is 18.5. The van der Waals surface area contributed by atoms with Crippen LogP contribution in [0.2, 0.25) is 0 Å². The summed E-state index contributed by atoms with van der Waals surface area (Å²) in [6.45, 7) is 1.41. The summed E-state index contributed by atoms with van der Waals surface area (Å²) in [5.74, 6) is 0.190. The van der Waals surface area contributed by atoms with Gasteiger partial charge in [-0.3, -0.25) is 9.59 Å². The Labute approximate surface area is 151 Å². The molecule has 0 aliphatic rings. The highest BCUT2D eigenvalue weighted by molar-refractivity contribution is 5.97. The summed E-state index contributed by atoms with van der Waals surface area (Å²) in [4.78, 5) is 27.5. The van der Waals surface area contributed by atoms with Gasteiger partial charge < -0.3 is 20.4 Å². The van der Waals surface area contributed by atoms with Gasteiger partial charge in [0.05, 0.1) is 7.11 Å². The SMILES string of the molecule is COc1ccc(NC(=O)[C@H](Cc2c[nH]c3ccccc23)NC(C)=O)cc1. The van der Waals surface area contributed by atoms with Crippen LogP contribution < -0.4 is 15.4 Å². The van der Waals surface area contributed by atoms with Crippen molar-refractivity contribution in [2.45, 2.75) is 19.4 Å². The van der Waals surface area contributed by atoms with E-state index in [-0.39, 0.29) is 11.8 Å². The molecule has 134 valence electrons. The minimum Gasteiger partial charge on any atom is -0.497 e. The molecule has 0 spiro atoms. The molecule has 0 unspecified atom stereocenters. The summed E-state index contributed by atoms with van der Waals surface area (Å²) < 4.78 is 5.11. The normalized spacial score (nSPS) is 11.8. The van der Waals surface area contributed by atoms with Crippen molar-refractivity contribution in [2.24, 2.45) is 0 Å². The van der Waals surface area contributed by atoms with Crippen molar-refractivity contribution in [3.63, 3.8) is 0 Å². The molecule has 6 nitrogen and oxygen atoms in total. The molecule has 26 heavy (non-hydrogen) atoms. The fraction of sp³-hybridized carbons (Fsp3) is 0.200. The number of anilines is 1. The number of benzene rings is 2. The third-order valence-corrected chi connectivity index (χ3v) is 4.15. The molecule has 6 heteroatoms. The van der Waals surface area contributed by atoms with Crippen molar-refractivity contribution in [1.82, 2.24) is 10.3 Å². The van der Waals surface area contributed by atoms with Crippen LogP contribution in [0.4, 0.5) is 5.69 Å². The Morgan fingerprint density at radius 3 is 2.54 bits per heavy atom. The Balaban J connectivity index is 1.78. The summed E-state index contributed by atoms with van der Waals surface area (Å²) in [6.07, 6.45) is 2.27. The number of hydrogen-bond donors (Lipinski definition) is 3. The van der Waals surface area contributed by atoms with E-state index in [2.05, 4.69) is 15.6 Å². The van der Waals surface area contributed by atoms with Gasteiger partial charge in [-0.05, 0) is 35.9 Å². The molecule has 3 rings (SSSR count). The first-order chi connectivity index (χ1) is 12.6. The molecule has 0 saturated heterocycles. The summed E-state index contributed by atoms with van der Waals surface area (Å²) in [7, 11) is 1.58. The molecule has 2 aromatic carbocycles. The molecule has 0 saturated carbocycles. The molecule has 0 radical (unpaired) electrons. The maximum absolute atomic E-state index is 12.7. The first kappa shape index (κ1) is 17.5. The average molecular weight is 351 g/mol. The van der Waals surface area contributed by atoms with Crippen LogP contribution in [0.25, 0.3) is 10.9 Å². The van der Waals surface area contributed by atoms with Crippen molar-refractivity contribution in [3.8, 4) is 5.75 Å². The van der Waals surface area contributed by atoms with Crippen molar-refractivity contribution < 1.29 is 14.3 Å². The first-order valence-corrected chi connectivity index (χ1v) is 8.34. The number of aromatic nitrogens is 1. The van der Waals surface area contributed by atoms with Crippen LogP contribution in [0.3, 0.4) is 0 Å². The number of carbonyl (C=O) groups is 2. The minimum absolute atomic E-state index is 0.250. The quantitative estimate of drug-likeness (QED) is 0.638. The highest BCUT2D eigenvalue weighted by Gasteiger charge is 2.21. The van der Waals surface area contributed by atoms with Crippen LogP contribution in [-0.4, -0.2) is 29.9 Å². The lowest BCUT2D eigenvalue weighted by Crippen LogP contribution is -2.44. The van der Waals surface area contributed by atoms with E-state index in [0.29, 0.717) is 17.9 Å². The zero-order valence-electron chi connectivity index (χ0n) is 14.7. The van der Waals surface area contributed by atoms with Gasteiger partial charge in [0.2, 0.25) is 11.8 Å². The third kappa shape index (κ3) is 4.03. The van der Waals surface area contributed by atoms with Crippen LogP contribution in [-0.2, 0) is 16.0 Å². The largest absolute Gasteiger partial charge is 0.497 e. The van der Waals surface area contributed by atoms with E-state index in [9.17, 15) is 9.59 Å². The van der Waals surface area contributed by atoms with Crippen molar-refractivity contribution in [2.75, 3.05) is 12.4 Å². The molecule has 1 atom stereocenters. The average Bonchev–Trinajstić information content (AvgIpc) is 3.04. The van der Waals surface area contributed by atoms with E-state index in [0.717, 1.165) is 16.5 Å². The monoisotopic (exact) mass is 351 g/mol. The molecule has 1 heterocycles. The summed E-state index contributed by atoms with van der Waals surface area (Å²) in [5.41, 5.74) is 2.62. The van der Waals surface area contributed by atoms with Gasteiger partial charge in [-0.1, -0.05) is 18.2 Å². The van der Waals surface area contributed by atoms with Crippen LogP contribution >= 0.6 is 0 Å². The smallest absolute Gasteiger partial charge is 0.247 e. The summed E-state index contributed by atoms with van der Waals surface area (Å²) in [6, 6.07) is 14.2. The Hall–Kier alpha value is -3.28. The van der Waals surface area contributed by atoms with Crippen LogP contribution in [0.1, 0.15) is 12.5 Å². The number of carbonyl (C=O) groups excluding carboxylic acids is 2. The van der Waals surface area contributed by atoms with Gasteiger partial charge in [-0.25, -0.2) is 0 Å². The van der Waals surface area contributed by atoms with Gasteiger partial charge in [0.25, 0.3) is 0 Å². The second kappa shape index (κ2) is 7.74. The predicted molar refractivity (Wildman–Crippen MR) is 101 cm³/mol. The highest BCUT2D eigenvalue weighted by atomic mass is 16.5. The van der Waals surface area contributed by atoms with Gasteiger partial charge >= 0.3 is 0 Å². The third-order valence-electron chi connectivity index (χ3n) is 4.15. The molecule has 0 fully saturated rings. The number of nitrogens with one attached hydrogen (secondary N) is 3. The molecular formula is C20H21N3O3. The number of H-pyrrole nitrogens is 1. The Morgan fingerprint density at radius 1 is 1.12 bits per heavy atom. The number of aromatic amines is 1. The molecular weight excluding hydrogens is 330 g/mol. The number of para-hydroxylation sites is 1. The molecule has 3 aromatic rings. The Kier molecular flexibility index (Phi) is 5.22. The van der Waals surface area contributed by atoms with Crippen molar-refractivity contribution in [3.05, 3.63) is 60.3 Å². The Morgan fingerprint density at radius 2 is 1.85 bits per heavy atom. The maximum Gasteiger partial charge on any atom is 0.247 e. The zero-order valence-corrected chi connectivity index (χ0v) is 14.7. The standard InChI is InChI=1S/C20H21N3O3/c1-13(24)22-19(11-14-12-21-18-6-4-3-5-17(14)18)20(25)23-15-7-9-16(26-2)10-8-15/h3-10,12,19,21H,11H2,1-2H3,(H,22,24)(H,23,25)/t19-/m0/s1. The van der Waals surface area contributed by atoms with Gasteiger partial charge in [0, 0.05) is 36.1 Å². The molecule has 3 N–H and O–H groups in total. The van der Waals surface area contributed by atoms with Gasteiger partial charge in [-0.15, -0.1) is 0 Å².